The van der Waals surface area contributed by atoms with E-state index in [0.717, 1.165) is 12.2 Å². The molecule has 2 heteroatoms. The summed E-state index contributed by atoms with van der Waals surface area (Å²) in [5, 5.41) is 0. The van der Waals surface area contributed by atoms with Gasteiger partial charge in [-0.05, 0) is 24.5 Å². The summed E-state index contributed by atoms with van der Waals surface area (Å²) in [5.74, 6) is 1.63. The standard InChI is InChI=1S/C10H16O2/c1-9-3-5-10(6-4-9)12-8-7-11-2/h3,5-6,9H,4,7-8H2,1-2H3/t9-/m1/s1. The molecule has 1 aliphatic rings. The van der Waals surface area contributed by atoms with Gasteiger partial charge < -0.3 is 9.47 Å². The third-order valence-electron chi connectivity index (χ3n) is 1.84. The second kappa shape index (κ2) is 4.99. The molecule has 2 nitrogen and oxygen atoms in total. The Morgan fingerprint density at radius 3 is 2.92 bits per heavy atom. The fraction of sp³-hybridized carbons (Fsp3) is 0.600. The van der Waals surface area contributed by atoms with E-state index in [1.54, 1.807) is 7.11 Å². The van der Waals surface area contributed by atoms with E-state index >= 15 is 0 Å². The minimum absolute atomic E-state index is 0.640. The third-order valence-corrected chi connectivity index (χ3v) is 1.84. The number of methoxy groups -OCH3 is 1. The van der Waals surface area contributed by atoms with E-state index in [1.807, 2.05) is 6.08 Å². The minimum atomic E-state index is 0.640. The first-order valence-corrected chi connectivity index (χ1v) is 4.33. The molecular weight excluding hydrogens is 152 g/mol. The molecule has 0 aliphatic heterocycles. The zero-order valence-electron chi connectivity index (χ0n) is 7.75. The van der Waals surface area contributed by atoms with Gasteiger partial charge in [-0.3, -0.25) is 0 Å². The van der Waals surface area contributed by atoms with E-state index < -0.39 is 0 Å². The van der Waals surface area contributed by atoms with Gasteiger partial charge >= 0.3 is 0 Å². The molecule has 0 bridgehead atoms. The van der Waals surface area contributed by atoms with Crippen LogP contribution in [0.4, 0.5) is 0 Å². The number of rotatable bonds is 4. The van der Waals surface area contributed by atoms with Crippen molar-refractivity contribution in [2.24, 2.45) is 5.92 Å². The van der Waals surface area contributed by atoms with Crippen LogP contribution in [0.1, 0.15) is 13.3 Å². The molecule has 12 heavy (non-hydrogen) atoms. The van der Waals surface area contributed by atoms with Gasteiger partial charge in [-0.15, -0.1) is 0 Å². The molecule has 0 fully saturated rings. The first-order chi connectivity index (χ1) is 5.83. The van der Waals surface area contributed by atoms with Crippen molar-refractivity contribution in [3.8, 4) is 0 Å². The van der Waals surface area contributed by atoms with Crippen LogP contribution in [0.2, 0.25) is 0 Å². The number of hydrogen-bond donors (Lipinski definition) is 0. The van der Waals surface area contributed by atoms with E-state index in [0.29, 0.717) is 19.1 Å². The topological polar surface area (TPSA) is 18.5 Å². The van der Waals surface area contributed by atoms with Crippen LogP contribution < -0.4 is 0 Å². The number of hydrogen-bond acceptors (Lipinski definition) is 2. The lowest BCUT2D eigenvalue weighted by molar-refractivity contribution is 0.113. The summed E-state index contributed by atoms with van der Waals surface area (Å²) in [5.41, 5.74) is 0. The second-order valence-corrected chi connectivity index (χ2v) is 3.02. The Kier molecular flexibility index (Phi) is 3.88. The van der Waals surface area contributed by atoms with E-state index in [4.69, 9.17) is 9.47 Å². The van der Waals surface area contributed by atoms with Gasteiger partial charge in [0.05, 0.1) is 6.61 Å². The third kappa shape index (κ3) is 3.09. The van der Waals surface area contributed by atoms with Gasteiger partial charge in [-0.25, -0.2) is 0 Å². The molecule has 1 rings (SSSR count). The second-order valence-electron chi connectivity index (χ2n) is 3.02. The first kappa shape index (κ1) is 9.33. The predicted molar refractivity (Wildman–Crippen MR) is 48.8 cm³/mol. The van der Waals surface area contributed by atoms with Crippen molar-refractivity contribution in [2.45, 2.75) is 13.3 Å². The summed E-state index contributed by atoms with van der Waals surface area (Å²) >= 11 is 0. The van der Waals surface area contributed by atoms with Crippen LogP contribution in [0.3, 0.4) is 0 Å². The van der Waals surface area contributed by atoms with Crippen LogP contribution in [0.5, 0.6) is 0 Å². The molecule has 0 saturated heterocycles. The Morgan fingerprint density at radius 2 is 2.33 bits per heavy atom. The van der Waals surface area contributed by atoms with E-state index in [-0.39, 0.29) is 0 Å². The molecule has 1 atom stereocenters. The smallest absolute Gasteiger partial charge is 0.115 e. The average molecular weight is 168 g/mol. The molecule has 68 valence electrons. The van der Waals surface area contributed by atoms with Crippen molar-refractivity contribution in [1.82, 2.24) is 0 Å². The Balaban J connectivity index is 2.21. The van der Waals surface area contributed by atoms with Gasteiger partial charge in [0.1, 0.15) is 12.4 Å². The molecule has 0 spiro atoms. The summed E-state index contributed by atoms with van der Waals surface area (Å²) in [6, 6.07) is 0. The van der Waals surface area contributed by atoms with Crippen LogP contribution in [-0.4, -0.2) is 20.3 Å². The zero-order chi connectivity index (χ0) is 8.81. The maximum absolute atomic E-state index is 5.42. The molecule has 0 amide bonds. The molecule has 0 aromatic rings. The lowest BCUT2D eigenvalue weighted by Crippen LogP contribution is -2.03. The molecule has 0 aromatic carbocycles. The van der Waals surface area contributed by atoms with Crippen LogP contribution in [0.15, 0.2) is 24.0 Å². The Labute approximate surface area is 73.9 Å². The minimum Gasteiger partial charge on any atom is -0.492 e. The van der Waals surface area contributed by atoms with Crippen LogP contribution in [0.25, 0.3) is 0 Å². The molecule has 0 radical (unpaired) electrons. The molecule has 0 unspecified atom stereocenters. The number of allylic oxidation sites excluding steroid dienone is 3. The van der Waals surface area contributed by atoms with Crippen molar-refractivity contribution in [3.63, 3.8) is 0 Å². The lowest BCUT2D eigenvalue weighted by Gasteiger charge is -2.12. The largest absolute Gasteiger partial charge is 0.492 e. The molecule has 0 heterocycles. The predicted octanol–water partition coefficient (Wildman–Crippen LogP) is 2.13. The highest BCUT2D eigenvalue weighted by Crippen LogP contribution is 2.15. The molecule has 0 N–H and O–H groups in total. The molecule has 0 aromatic heterocycles. The Hall–Kier alpha value is -0.760. The van der Waals surface area contributed by atoms with Gasteiger partial charge in [0.25, 0.3) is 0 Å². The van der Waals surface area contributed by atoms with E-state index in [9.17, 15) is 0 Å². The monoisotopic (exact) mass is 168 g/mol. The van der Waals surface area contributed by atoms with Crippen molar-refractivity contribution in [1.29, 1.82) is 0 Å². The van der Waals surface area contributed by atoms with E-state index in [2.05, 4.69) is 19.1 Å². The van der Waals surface area contributed by atoms with Crippen molar-refractivity contribution < 1.29 is 9.47 Å². The molecule has 0 saturated carbocycles. The highest BCUT2D eigenvalue weighted by molar-refractivity contribution is 5.17. The summed E-state index contributed by atoms with van der Waals surface area (Å²) in [6.45, 7) is 3.49. The normalized spacial score (nSPS) is 22.2. The first-order valence-electron chi connectivity index (χ1n) is 4.33. The fourth-order valence-electron chi connectivity index (χ4n) is 1.06. The Morgan fingerprint density at radius 1 is 1.50 bits per heavy atom. The SMILES string of the molecule is COCCOC1=CC[C@H](C)C=C1. The molecule has 1 aliphatic carbocycles. The van der Waals surface area contributed by atoms with Crippen molar-refractivity contribution >= 4 is 0 Å². The summed E-state index contributed by atoms with van der Waals surface area (Å²) < 4.78 is 10.3. The summed E-state index contributed by atoms with van der Waals surface area (Å²) in [7, 11) is 1.68. The number of ether oxygens (including phenoxy) is 2. The van der Waals surface area contributed by atoms with Gasteiger partial charge in [0.15, 0.2) is 0 Å². The van der Waals surface area contributed by atoms with Crippen LogP contribution in [0, 0.1) is 5.92 Å². The molecular formula is C10H16O2. The van der Waals surface area contributed by atoms with Crippen molar-refractivity contribution in [3.05, 3.63) is 24.0 Å². The van der Waals surface area contributed by atoms with Crippen LogP contribution >= 0.6 is 0 Å². The van der Waals surface area contributed by atoms with Gasteiger partial charge in [-0.2, -0.15) is 0 Å². The summed E-state index contributed by atoms with van der Waals surface area (Å²) in [4.78, 5) is 0. The van der Waals surface area contributed by atoms with Gasteiger partial charge in [0.2, 0.25) is 0 Å². The average Bonchev–Trinajstić information content (AvgIpc) is 2.09. The zero-order valence-corrected chi connectivity index (χ0v) is 7.75. The highest BCUT2D eigenvalue weighted by Gasteiger charge is 2.03. The summed E-state index contributed by atoms with van der Waals surface area (Å²) in [6.07, 6.45) is 7.41. The van der Waals surface area contributed by atoms with Crippen LogP contribution in [-0.2, 0) is 9.47 Å². The van der Waals surface area contributed by atoms with E-state index in [1.165, 1.54) is 0 Å². The Bertz CT molecular complexity index is 182. The lowest BCUT2D eigenvalue weighted by atomic mass is 10.0. The fourth-order valence-corrected chi connectivity index (χ4v) is 1.06. The van der Waals surface area contributed by atoms with Gasteiger partial charge in [0, 0.05) is 7.11 Å². The maximum Gasteiger partial charge on any atom is 0.115 e. The van der Waals surface area contributed by atoms with Crippen molar-refractivity contribution in [2.75, 3.05) is 20.3 Å². The quantitative estimate of drug-likeness (QED) is 0.599. The van der Waals surface area contributed by atoms with Gasteiger partial charge in [-0.1, -0.05) is 13.0 Å². The maximum atomic E-state index is 5.42. The highest BCUT2D eigenvalue weighted by atomic mass is 16.5.